The Kier molecular flexibility index (Phi) is 2.47. The van der Waals surface area contributed by atoms with Gasteiger partial charge in [0.2, 0.25) is 0 Å². The largest absolute Gasteiger partial charge is 0.476 e. The molecule has 0 aromatic carbocycles. The van der Waals surface area contributed by atoms with Crippen molar-refractivity contribution in [2.45, 2.75) is 26.7 Å². The van der Waals surface area contributed by atoms with Crippen LogP contribution in [0.1, 0.15) is 35.9 Å². The van der Waals surface area contributed by atoms with Gasteiger partial charge < -0.3 is 10.1 Å². The first kappa shape index (κ1) is 8.77. The lowest BCUT2D eigenvalue weighted by molar-refractivity contribution is 0.0689. The van der Waals surface area contributed by atoms with Gasteiger partial charge in [0.1, 0.15) is 5.82 Å². The van der Waals surface area contributed by atoms with E-state index < -0.39 is 5.97 Å². The lowest BCUT2D eigenvalue weighted by atomic mass is 10.3. The summed E-state index contributed by atoms with van der Waals surface area (Å²) in [5.74, 6) is -0.216. The van der Waals surface area contributed by atoms with Crippen molar-refractivity contribution in [1.82, 2.24) is 9.97 Å². The van der Waals surface area contributed by atoms with Crippen molar-refractivity contribution in [3.63, 3.8) is 0 Å². The fourth-order valence-corrected chi connectivity index (χ4v) is 1.06. The molecule has 1 aromatic rings. The molecule has 0 saturated heterocycles. The Labute approximate surface area is 70.6 Å². The highest BCUT2D eigenvalue weighted by Crippen LogP contribution is 2.07. The molecule has 0 radical (unpaired) electrons. The summed E-state index contributed by atoms with van der Waals surface area (Å²) in [4.78, 5) is 17.5. The molecule has 0 aliphatic heterocycles. The van der Waals surface area contributed by atoms with Crippen LogP contribution in [0.25, 0.3) is 0 Å². The van der Waals surface area contributed by atoms with Gasteiger partial charge >= 0.3 is 5.97 Å². The minimum Gasteiger partial charge on any atom is -0.476 e. The van der Waals surface area contributed by atoms with Crippen LogP contribution in [0.4, 0.5) is 0 Å². The fourth-order valence-electron chi connectivity index (χ4n) is 1.06. The lowest BCUT2D eigenvalue weighted by Crippen LogP contribution is -2.00. The summed E-state index contributed by atoms with van der Waals surface area (Å²) >= 11 is 0. The molecule has 0 aliphatic rings. The van der Waals surface area contributed by atoms with Gasteiger partial charge in [0, 0.05) is 12.1 Å². The summed E-state index contributed by atoms with van der Waals surface area (Å²) in [6, 6.07) is 0. The summed E-state index contributed by atoms with van der Waals surface area (Å²) in [5.41, 5.74) is 0.869. The number of nitrogens with one attached hydrogen (secondary N) is 1. The first-order valence-electron chi connectivity index (χ1n) is 4.00. The predicted molar refractivity (Wildman–Crippen MR) is 44.3 cm³/mol. The fraction of sp³-hybridized carbons (Fsp3) is 0.500. The molecular formula is C8H12N2O2. The average molecular weight is 168 g/mol. The number of hydrogen-bond acceptors (Lipinski definition) is 2. The molecule has 0 saturated carbocycles. The minimum atomic E-state index is -0.956. The first-order chi connectivity index (χ1) is 5.69. The van der Waals surface area contributed by atoms with E-state index in [9.17, 15) is 4.79 Å². The second-order valence-electron chi connectivity index (χ2n) is 2.52. The van der Waals surface area contributed by atoms with Gasteiger partial charge in [-0.2, -0.15) is 0 Å². The standard InChI is InChI=1S/C8H12N2O2/c1-3-5-7(8(11)12)10-6(4-2)9-5/h3-4H2,1-2H3,(H,9,10)(H,11,12). The van der Waals surface area contributed by atoms with E-state index in [-0.39, 0.29) is 5.69 Å². The van der Waals surface area contributed by atoms with E-state index >= 15 is 0 Å². The number of aryl methyl sites for hydroxylation is 2. The quantitative estimate of drug-likeness (QED) is 0.713. The number of aromatic nitrogens is 2. The number of carbonyl (C=O) groups is 1. The van der Waals surface area contributed by atoms with Crippen LogP contribution < -0.4 is 0 Å². The third-order valence-electron chi connectivity index (χ3n) is 1.72. The first-order valence-corrected chi connectivity index (χ1v) is 4.00. The van der Waals surface area contributed by atoms with Crippen LogP contribution >= 0.6 is 0 Å². The zero-order valence-corrected chi connectivity index (χ0v) is 7.22. The van der Waals surface area contributed by atoms with Crippen LogP contribution in [-0.4, -0.2) is 21.0 Å². The van der Waals surface area contributed by atoms with Crippen LogP contribution in [0.5, 0.6) is 0 Å². The van der Waals surface area contributed by atoms with E-state index in [2.05, 4.69) is 9.97 Å². The number of rotatable bonds is 3. The van der Waals surface area contributed by atoms with Gasteiger partial charge in [0.05, 0.1) is 0 Å². The van der Waals surface area contributed by atoms with Gasteiger partial charge in [0.15, 0.2) is 5.69 Å². The number of nitrogens with zero attached hydrogens (tertiary/aromatic N) is 1. The van der Waals surface area contributed by atoms with Crippen LogP contribution in [0.15, 0.2) is 0 Å². The molecule has 0 amide bonds. The topological polar surface area (TPSA) is 66.0 Å². The maximum Gasteiger partial charge on any atom is 0.356 e. The lowest BCUT2D eigenvalue weighted by Gasteiger charge is -1.90. The van der Waals surface area contributed by atoms with Gasteiger partial charge in [-0.15, -0.1) is 0 Å². The number of imidazole rings is 1. The van der Waals surface area contributed by atoms with Crippen molar-refractivity contribution in [3.05, 3.63) is 17.2 Å². The molecule has 12 heavy (non-hydrogen) atoms. The molecule has 2 N–H and O–H groups in total. The number of carboxylic acids is 1. The highest BCUT2D eigenvalue weighted by molar-refractivity contribution is 5.86. The molecule has 0 unspecified atom stereocenters. The Bertz CT molecular complexity index is 291. The molecule has 0 spiro atoms. The normalized spacial score (nSPS) is 10.2. The van der Waals surface area contributed by atoms with Crippen molar-refractivity contribution < 1.29 is 9.90 Å². The average Bonchev–Trinajstić information content (AvgIpc) is 2.47. The predicted octanol–water partition coefficient (Wildman–Crippen LogP) is 1.23. The summed E-state index contributed by atoms with van der Waals surface area (Å²) in [6.07, 6.45) is 1.41. The highest BCUT2D eigenvalue weighted by atomic mass is 16.4. The van der Waals surface area contributed by atoms with E-state index in [1.807, 2.05) is 13.8 Å². The third-order valence-corrected chi connectivity index (χ3v) is 1.72. The zero-order chi connectivity index (χ0) is 9.14. The van der Waals surface area contributed by atoms with Gasteiger partial charge in [-0.3, -0.25) is 0 Å². The smallest absolute Gasteiger partial charge is 0.356 e. The molecule has 0 bridgehead atoms. The highest BCUT2D eigenvalue weighted by Gasteiger charge is 2.13. The van der Waals surface area contributed by atoms with E-state index in [4.69, 9.17) is 5.11 Å². The van der Waals surface area contributed by atoms with E-state index in [1.54, 1.807) is 0 Å². The van der Waals surface area contributed by atoms with Gasteiger partial charge in [-0.1, -0.05) is 13.8 Å². The summed E-state index contributed by atoms with van der Waals surface area (Å²) in [5, 5.41) is 8.72. The van der Waals surface area contributed by atoms with Crippen molar-refractivity contribution in [2.24, 2.45) is 0 Å². The van der Waals surface area contributed by atoms with E-state index in [0.717, 1.165) is 12.2 Å². The Morgan fingerprint density at radius 3 is 2.50 bits per heavy atom. The maximum atomic E-state index is 10.6. The Hall–Kier alpha value is -1.32. The minimum absolute atomic E-state index is 0.161. The summed E-state index contributed by atoms with van der Waals surface area (Å²) in [6.45, 7) is 3.84. The molecule has 0 atom stereocenters. The molecule has 0 fully saturated rings. The number of aromatic carboxylic acids is 1. The van der Waals surface area contributed by atoms with Crippen molar-refractivity contribution >= 4 is 5.97 Å². The zero-order valence-electron chi connectivity index (χ0n) is 7.22. The van der Waals surface area contributed by atoms with Gasteiger partial charge in [0.25, 0.3) is 0 Å². The second kappa shape index (κ2) is 3.38. The van der Waals surface area contributed by atoms with Crippen LogP contribution in [0, 0.1) is 0 Å². The number of carboxylic acid groups (broad SMARTS) is 1. The SMILES string of the molecule is CCc1nc(C(=O)O)c(CC)[nH]1. The Morgan fingerprint density at radius 2 is 2.17 bits per heavy atom. The molecule has 1 heterocycles. The molecule has 0 aliphatic carbocycles. The molecule has 1 rings (SSSR count). The number of hydrogen-bond donors (Lipinski definition) is 2. The van der Waals surface area contributed by atoms with Crippen LogP contribution in [0.3, 0.4) is 0 Å². The molecule has 1 aromatic heterocycles. The Morgan fingerprint density at radius 1 is 1.50 bits per heavy atom. The van der Waals surface area contributed by atoms with Crippen molar-refractivity contribution in [1.29, 1.82) is 0 Å². The maximum absolute atomic E-state index is 10.6. The van der Waals surface area contributed by atoms with Gasteiger partial charge in [-0.05, 0) is 6.42 Å². The van der Waals surface area contributed by atoms with Crippen molar-refractivity contribution in [2.75, 3.05) is 0 Å². The van der Waals surface area contributed by atoms with E-state index in [1.165, 1.54) is 0 Å². The molecular weight excluding hydrogens is 156 g/mol. The van der Waals surface area contributed by atoms with Crippen LogP contribution in [0.2, 0.25) is 0 Å². The monoisotopic (exact) mass is 168 g/mol. The molecule has 4 nitrogen and oxygen atoms in total. The Balaban J connectivity index is 3.08. The van der Waals surface area contributed by atoms with Crippen molar-refractivity contribution in [3.8, 4) is 0 Å². The third kappa shape index (κ3) is 1.47. The summed E-state index contributed by atoms with van der Waals surface area (Å²) in [7, 11) is 0. The molecule has 4 heteroatoms. The number of H-pyrrole nitrogens is 1. The van der Waals surface area contributed by atoms with Gasteiger partial charge in [-0.25, -0.2) is 9.78 Å². The summed E-state index contributed by atoms with van der Waals surface area (Å²) < 4.78 is 0. The van der Waals surface area contributed by atoms with E-state index in [0.29, 0.717) is 12.1 Å². The number of aromatic amines is 1. The van der Waals surface area contributed by atoms with Crippen LogP contribution in [-0.2, 0) is 12.8 Å². The second-order valence-corrected chi connectivity index (χ2v) is 2.52. The molecule has 66 valence electrons.